The van der Waals surface area contributed by atoms with Crippen molar-refractivity contribution in [3.05, 3.63) is 77.5 Å². The number of hydrogen-bond acceptors (Lipinski definition) is 5. The van der Waals surface area contributed by atoms with Gasteiger partial charge in [-0.05, 0) is 37.3 Å². The summed E-state index contributed by atoms with van der Waals surface area (Å²) in [5.74, 6) is 1.11. The van der Waals surface area contributed by atoms with Gasteiger partial charge >= 0.3 is 0 Å². The van der Waals surface area contributed by atoms with E-state index in [0.29, 0.717) is 11.5 Å². The van der Waals surface area contributed by atoms with Crippen molar-refractivity contribution in [2.24, 2.45) is 0 Å². The predicted molar refractivity (Wildman–Crippen MR) is 123 cm³/mol. The molecule has 6 heteroatoms. The minimum atomic E-state index is 0.370. The summed E-state index contributed by atoms with van der Waals surface area (Å²) in [5, 5.41) is 12.7. The molecule has 0 aliphatic rings. The van der Waals surface area contributed by atoms with E-state index >= 15 is 0 Å². The van der Waals surface area contributed by atoms with Crippen LogP contribution in [0.25, 0.3) is 16.9 Å². The summed E-state index contributed by atoms with van der Waals surface area (Å²) in [7, 11) is 0. The minimum Gasteiger partial charge on any atom is -0.367 e. The Kier molecular flexibility index (Phi) is 5.94. The minimum absolute atomic E-state index is 0.370. The summed E-state index contributed by atoms with van der Waals surface area (Å²) in [4.78, 5) is 13.7. The number of imidazole rings is 1. The van der Waals surface area contributed by atoms with Crippen LogP contribution in [0.5, 0.6) is 0 Å². The Morgan fingerprint density at radius 2 is 1.97 bits per heavy atom. The van der Waals surface area contributed by atoms with Crippen molar-refractivity contribution in [1.29, 1.82) is 5.26 Å². The van der Waals surface area contributed by atoms with E-state index in [1.807, 2.05) is 18.5 Å². The average Bonchev–Trinajstić information content (AvgIpc) is 3.24. The number of aromatic nitrogens is 4. The number of rotatable bonds is 7. The smallest absolute Gasteiger partial charge is 0.180 e. The molecule has 0 radical (unpaired) electrons. The molecular weight excluding hydrogens is 384 g/mol. The summed E-state index contributed by atoms with van der Waals surface area (Å²) >= 11 is 0. The monoisotopic (exact) mass is 410 g/mol. The van der Waals surface area contributed by atoms with Crippen LogP contribution in [0.4, 0.5) is 5.82 Å². The Morgan fingerprint density at radius 3 is 2.71 bits per heavy atom. The average molecular weight is 411 g/mol. The SMILES string of the molecule is CCC(C)c1cnc2c(NCCc3ccc(C)cc3)nc(-c3cncc(C#N)c3)cn12. The molecule has 0 amide bonds. The van der Waals surface area contributed by atoms with Gasteiger partial charge in [0.2, 0.25) is 0 Å². The van der Waals surface area contributed by atoms with Gasteiger partial charge in [-0.15, -0.1) is 0 Å². The van der Waals surface area contributed by atoms with Crippen molar-refractivity contribution in [3.63, 3.8) is 0 Å². The van der Waals surface area contributed by atoms with Gasteiger partial charge in [0.15, 0.2) is 11.5 Å². The molecular formula is C25H26N6. The normalized spacial score (nSPS) is 11.9. The molecule has 1 N–H and O–H groups in total. The topological polar surface area (TPSA) is 78.9 Å². The highest BCUT2D eigenvalue weighted by Crippen LogP contribution is 2.27. The second-order valence-electron chi connectivity index (χ2n) is 7.90. The van der Waals surface area contributed by atoms with Crippen LogP contribution in [-0.4, -0.2) is 25.9 Å². The highest BCUT2D eigenvalue weighted by molar-refractivity contribution is 5.70. The fraction of sp³-hybridized carbons (Fsp3) is 0.280. The summed E-state index contributed by atoms with van der Waals surface area (Å²) in [6, 6.07) is 12.6. The van der Waals surface area contributed by atoms with E-state index in [1.165, 1.54) is 11.1 Å². The van der Waals surface area contributed by atoms with Crippen LogP contribution in [0, 0.1) is 18.3 Å². The number of nitrogens with zero attached hydrogens (tertiary/aromatic N) is 5. The zero-order valence-corrected chi connectivity index (χ0v) is 18.1. The van der Waals surface area contributed by atoms with Gasteiger partial charge in [0, 0.05) is 42.6 Å². The molecule has 156 valence electrons. The molecule has 1 aromatic carbocycles. The molecule has 6 nitrogen and oxygen atoms in total. The molecule has 1 atom stereocenters. The summed E-state index contributed by atoms with van der Waals surface area (Å²) in [6.07, 6.45) is 9.14. The quantitative estimate of drug-likeness (QED) is 0.456. The van der Waals surface area contributed by atoms with Crippen LogP contribution in [0.2, 0.25) is 0 Å². The van der Waals surface area contributed by atoms with E-state index < -0.39 is 0 Å². The molecule has 0 aliphatic heterocycles. The Labute approximate surface area is 182 Å². The number of pyridine rings is 1. The summed E-state index contributed by atoms with van der Waals surface area (Å²) < 4.78 is 2.11. The second kappa shape index (κ2) is 8.97. The van der Waals surface area contributed by atoms with Crippen LogP contribution in [0.15, 0.2) is 55.1 Å². The van der Waals surface area contributed by atoms with Gasteiger partial charge < -0.3 is 5.32 Å². The van der Waals surface area contributed by atoms with Crippen LogP contribution in [-0.2, 0) is 6.42 Å². The van der Waals surface area contributed by atoms with Gasteiger partial charge in [0.1, 0.15) is 6.07 Å². The lowest BCUT2D eigenvalue weighted by Crippen LogP contribution is -2.10. The number of aryl methyl sites for hydroxylation is 1. The first-order chi connectivity index (χ1) is 15.1. The van der Waals surface area contributed by atoms with E-state index in [2.05, 4.69) is 70.8 Å². The predicted octanol–water partition coefficient (Wildman–Crippen LogP) is 5.14. The fourth-order valence-corrected chi connectivity index (χ4v) is 3.56. The maximum Gasteiger partial charge on any atom is 0.180 e. The van der Waals surface area contributed by atoms with E-state index in [1.54, 1.807) is 12.4 Å². The largest absolute Gasteiger partial charge is 0.367 e. The van der Waals surface area contributed by atoms with E-state index in [9.17, 15) is 5.26 Å². The van der Waals surface area contributed by atoms with Crippen molar-refractivity contribution in [2.75, 3.05) is 11.9 Å². The Balaban J connectivity index is 1.71. The Bertz CT molecular complexity index is 1230. The molecule has 31 heavy (non-hydrogen) atoms. The van der Waals surface area contributed by atoms with Crippen molar-refractivity contribution in [2.45, 2.75) is 39.5 Å². The molecule has 0 spiro atoms. The molecule has 0 fully saturated rings. The number of nitrogens with one attached hydrogen (secondary N) is 1. The first-order valence-electron chi connectivity index (χ1n) is 10.6. The van der Waals surface area contributed by atoms with Gasteiger partial charge in [-0.3, -0.25) is 9.38 Å². The third-order valence-corrected chi connectivity index (χ3v) is 5.63. The molecule has 4 rings (SSSR count). The highest BCUT2D eigenvalue weighted by atomic mass is 15.1. The van der Waals surface area contributed by atoms with Crippen LogP contribution < -0.4 is 5.32 Å². The number of anilines is 1. The summed E-state index contributed by atoms with van der Waals surface area (Å²) in [6.45, 7) is 7.22. The number of hydrogen-bond donors (Lipinski definition) is 1. The van der Waals surface area contributed by atoms with Crippen molar-refractivity contribution in [1.82, 2.24) is 19.4 Å². The van der Waals surface area contributed by atoms with Crippen molar-refractivity contribution >= 4 is 11.5 Å². The third-order valence-electron chi connectivity index (χ3n) is 5.63. The lowest BCUT2D eigenvalue weighted by molar-refractivity contribution is 0.700. The Morgan fingerprint density at radius 1 is 1.16 bits per heavy atom. The molecule has 3 aromatic heterocycles. The van der Waals surface area contributed by atoms with Crippen LogP contribution in [0.1, 0.15) is 48.6 Å². The molecule has 0 saturated heterocycles. The lowest BCUT2D eigenvalue weighted by Gasteiger charge is -2.13. The highest BCUT2D eigenvalue weighted by Gasteiger charge is 2.16. The molecule has 3 heterocycles. The fourth-order valence-electron chi connectivity index (χ4n) is 3.56. The first kappa shape index (κ1) is 20.5. The zero-order chi connectivity index (χ0) is 21.8. The van der Waals surface area contributed by atoms with E-state index in [4.69, 9.17) is 4.98 Å². The number of benzene rings is 1. The molecule has 4 aromatic rings. The van der Waals surface area contributed by atoms with Gasteiger partial charge in [-0.2, -0.15) is 5.26 Å². The van der Waals surface area contributed by atoms with Crippen LogP contribution in [0.3, 0.4) is 0 Å². The van der Waals surface area contributed by atoms with Crippen LogP contribution >= 0.6 is 0 Å². The summed E-state index contributed by atoms with van der Waals surface area (Å²) in [5.41, 5.74) is 6.58. The Hall–Kier alpha value is -3.72. The molecule has 0 aliphatic carbocycles. The van der Waals surface area contributed by atoms with Gasteiger partial charge in [0.05, 0.1) is 11.3 Å². The second-order valence-corrected chi connectivity index (χ2v) is 7.90. The van der Waals surface area contributed by atoms with E-state index in [-0.39, 0.29) is 0 Å². The molecule has 0 bridgehead atoms. The van der Waals surface area contributed by atoms with Gasteiger partial charge in [0.25, 0.3) is 0 Å². The maximum absolute atomic E-state index is 9.25. The van der Waals surface area contributed by atoms with Crippen molar-refractivity contribution < 1.29 is 0 Å². The molecule has 1 unspecified atom stereocenters. The maximum atomic E-state index is 9.25. The lowest BCUT2D eigenvalue weighted by atomic mass is 10.1. The number of nitriles is 1. The molecule has 0 saturated carbocycles. The third kappa shape index (κ3) is 4.41. The van der Waals surface area contributed by atoms with Crippen molar-refractivity contribution in [3.8, 4) is 17.3 Å². The number of fused-ring (bicyclic) bond motifs is 1. The first-order valence-corrected chi connectivity index (χ1v) is 10.6. The standard InChI is InChI=1S/C25H26N6/c1-4-18(3)23-15-29-25-24(28-10-9-19-7-5-17(2)6-8-19)30-22(16-31(23)25)21-11-20(12-26)13-27-14-21/h5-8,11,13-16,18H,4,9-10H2,1-3H3,(H,28,30). The zero-order valence-electron chi connectivity index (χ0n) is 18.1. The van der Waals surface area contributed by atoms with Gasteiger partial charge in [-0.1, -0.05) is 43.7 Å². The van der Waals surface area contributed by atoms with Gasteiger partial charge in [-0.25, -0.2) is 9.97 Å². The van der Waals surface area contributed by atoms with E-state index in [0.717, 1.165) is 47.8 Å².